The zero-order chi connectivity index (χ0) is 12.3. The average Bonchev–Trinajstić information content (AvgIpc) is 2.64. The zero-order valence-electron chi connectivity index (χ0n) is 9.94. The highest BCUT2D eigenvalue weighted by atomic mass is 35.5. The lowest BCUT2D eigenvalue weighted by Crippen LogP contribution is -2.12. The van der Waals surface area contributed by atoms with E-state index >= 15 is 0 Å². The van der Waals surface area contributed by atoms with Crippen molar-refractivity contribution in [2.75, 3.05) is 13.6 Å². The quantitative estimate of drug-likeness (QED) is 0.901. The first-order valence-electron chi connectivity index (χ1n) is 5.51. The Morgan fingerprint density at radius 1 is 1.41 bits per heavy atom. The number of rotatable bonds is 4. The molecule has 1 N–H and O–H groups in total. The Kier molecular flexibility index (Phi) is 3.76. The molecular formula is C12H15ClN4. The summed E-state index contributed by atoms with van der Waals surface area (Å²) in [6, 6.07) is 5.76. The lowest BCUT2D eigenvalue weighted by Gasteiger charge is -2.05. The second-order valence-corrected chi connectivity index (χ2v) is 4.16. The molecule has 0 unspecified atom stereocenters. The van der Waals surface area contributed by atoms with E-state index in [0.717, 1.165) is 30.2 Å². The molecule has 0 saturated heterocycles. The standard InChI is InChI=1S/C12H15ClN4/c1-14-8-6-10-11(13)16-12(17(10)2)9-5-3-4-7-15-9/h3-5,7,14H,6,8H2,1-2H3. The molecule has 0 bridgehead atoms. The van der Waals surface area contributed by atoms with Gasteiger partial charge in [0.1, 0.15) is 5.69 Å². The fourth-order valence-electron chi connectivity index (χ4n) is 1.74. The van der Waals surface area contributed by atoms with Crippen LogP contribution in [0.3, 0.4) is 0 Å². The first kappa shape index (κ1) is 12.1. The summed E-state index contributed by atoms with van der Waals surface area (Å²) in [5, 5.41) is 3.66. The summed E-state index contributed by atoms with van der Waals surface area (Å²) in [7, 11) is 3.89. The summed E-state index contributed by atoms with van der Waals surface area (Å²) >= 11 is 6.15. The van der Waals surface area contributed by atoms with Gasteiger partial charge in [0, 0.05) is 26.2 Å². The molecule has 0 aliphatic carbocycles. The van der Waals surface area contributed by atoms with Crippen LogP contribution in [0.5, 0.6) is 0 Å². The third-order valence-electron chi connectivity index (χ3n) is 2.67. The van der Waals surface area contributed by atoms with Crippen molar-refractivity contribution in [1.29, 1.82) is 0 Å². The fourth-order valence-corrected chi connectivity index (χ4v) is 2.04. The van der Waals surface area contributed by atoms with Crippen molar-refractivity contribution in [3.05, 3.63) is 35.2 Å². The lowest BCUT2D eigenvalue weighted by molar-refractivity contribution is 0.740. The second-order valence-electron chi connectivity index (χ2n) is 3.80. The van der Waals surface area contributed by atoms with Gasteiger partial charge in [0.05, 0.1) is 5.69 Å². The largest absolute Gasteiger partial charge is 0.328 e. The Morgan fingerprint density at radius 2 is 2.24 bits per heavy atom. The zero-order valence-corrected chi connectivity index (χ0v) is 10.7. The third-order valence-corrected chi connectivity index (χ3v) is 2.97. The van der Waals surface area contributed by atoms with Gasteiger partial charge in [-0.15, -0.1) is 0 Å². The molecule has 17 heavy (non-hydrogen) atoms. The van der Waals surface area contributed by atoms with Crippen molar-refractivity contribution in [2.45, 2.75) is 6.42 Å². The molecule has 0 aliphatic rings. The van der Waals surface area contributed by atoms with E-state index in [2.05, 4.69) is 15.3 Å². The van der Waals surface area contributed by atoms with Gasteiger partial charge in [-0.1, -0.05) is 17.7 Å². The van der Waals surface area contributed by atoms with Gasteiger partial charge in [-0.05, 0) is 19.2 Å². The fraction of sp³-hybridized carbons (Fsp3) is 0.333. The van der Waals surface area contributed by atoms with Crippen LogP contribution in [-0.2, 0) is 13.5 Å². The van der Waals surface area contributed by atoms with E-state index < -0.39 is 0 Å². The summed E-state index contributed by atoms with van der Waals surface area (Å²) in [5.74, 6) is 0.807. The molecule has 0 atom stereocenters. The van der Waals surface area contributed by atoms with Gasteiger partial charge in [0.25, 0.3) is 0 Å². The van der Waals surface area contributed by atoms with Crippen LogP contribution in [0, 0.1) is 0 Å². The van der Waals surface area contributed by atoms with E-state index in [1.807, 2.05) is 36.9 Å². The Labute approximate surface area is 106 Å². The Hall–Kier alpha value is -1.39. The van der Waals surface area contributed by atoms with Gasteiger partial charge in [-0.25, -0.2) is 4.98 Å². The third kappa shape index (κ3) is 2.48. The molecule has 0 aliphatic heterocycles. The van der Waals surface area contributed by atoms with Gasteiger partial charge < -0.3 is 9.88 Å². The Balaban J connectivity index is 2.37. The summed E-state index contributed by atoms with van der Waals surface area (Å²) in [6.45, 7) is 0.876. The van der Waals surface area contributed by atoms with Crippen LogP contribution in [-0.4, -0.2) is 28.1 Å². The molecule has 0 fully saturated rings. The number of hydrogen-bond donors (Lipinski definition) is 1. The molecule has 90 valence electrons. The van der Waals surface area contributed by atoms with Gasteiger partial charge >= 0.3 is 0 Å². The summed E-state index contributed by atoms with van der Waals surface area (Å²) in [5.41, 5.74) is 1.87. The Morgan fingerprint density at radius 3 is 2.88 bits per heavy atom. The average molecular weight is 251 g/mol. The number of pyridine rings is 1. The van der Waals surface area contributed by atoms with Crippen molar-refractivity contribution < 1.29 is 0 Å². The van der Waals surface area contributed by atoms with Gasteiger partial charge in [0.2, 0.25) is 0 Å². The number of halogens is 1. The summed E-state index contributed by atoms with van der Waals surface area (Å²) < 4.78 is 2.00. The van der Waals surface area contributed by atoms with Crippen molar-refractivity contribution in [1.82, 2.24) is 19.9 Å². The highest BCUT2D eigenvalue weighted by Crippen LogP contribution is 2.23. The molecule has 2 rings (SSSR count). The summed E-state index contributed by atoms with van der Waals surface area (Å²) in [4.78, 5) is 8.66. The van der Waals surface area contributed by atoms with Crippen molar-refractivity contribution >= 4 is 11.6 Å². The number of hydrogen-bond acceptors (Lipinski definition) is 3. The lowest BCUT2D eigenvalue weighted by atomic mass is 10.3. The van der Waals surface area contributed by atoms with E-state index in [1.165, 1.54) is 0 Å². The highest BCUT2D eigenvalue weighted by Gasteiger charge is 2.14. The monoisotopic (exact) mass is 250 g/mol. The van der Waals surface area contributed by atoms with Crippen molar-refractivity contribution in [2.24, 2.45) is 7.05 Å². The maximum absolute atomic E-state index is 6.15. The van der Waals surface area contributed by atoms with E-state index in [4.69, 9.17) is 11.6 Å². The van der Waals surface area contributed by atoms with Crippen molar-refractivity contribution in [3.63, 3.8) is 0 Å². The van der Waals surface area contributed by atoms with Gasteiger partial charge in [-0.3, -0.25) is 4.98 Å². The number of likely N-dealkylation sites (N-methyl/N-ethyl adjacent to an activating group) is 1. The molecule has 2 aromatic heterocycles. The minimum atomic E-state index is 0.559. The maximum atomic E-state index is 6.15. The molecule has 2 aromatic rings. The molecule has 0 aromatic carbocycles. The molecule has 0 spiro atoms. The smallest absolute Gasteiger partial charge is 0.160 e. The topological polar surface area (TPSA) is 42.7 Å². The normalized spacial score (nSPS) is 10.8. The number of nitrogens with one attached hydrogen (secondary N) is 1. The van der Waals surface area contributed by atoms with Crippen LogP contribution >= 0.6 is 11.6 Å². The van der Waals surface area contributed by atoms with Crippen LogP contribution in [0.4, 0.5) is 0 Å². The van der Waals surface area contributed by atoms with Gasteiger partial charge in [0.15, 0.2) is 11.0 Å². The van der Waals surface area contributed by atoms with Crippen LogP contribution in [0.25, 0.3) is 11.5 Å². The minimum Gasteiger partial charge on any atom is -0.328 e. The maximum Gasteiger partial charge on any atom is 0.160 e. The van der Waals surface area contributed by atoms with Gasteiger partial charge in [-0.2, -0.15) is 0 Å². The molecular weight excluding hydrogens is 236 g/mol. The van der Waals surface area contributed by atoms with Crippen LogP contribution in [0.15, 0.2) is 24.4 Å². The van der Waals surface area contributed by atoms with E-state index in [1.54, 1.807) is 6.20 Å². The van der Waals surface area contributed by atoms with Crippen LogP contribution in [0.2, 0.25) is 5.15 Å². The van der Waals surface area contributed by atoms with Crippen LogP contribution in [0.1, 0.15) is 5.69 Å². The predicted molar refractivity (Wildman–Crippen MR) is 69.1 cm³/mol. The SMILES string of the molecule is CNCCc1c(Cl)nc(-c2ccccn2)n1C. The predicted octanol–water partition coefficient (Wildman–Crippen LogP) is 1.90. The molecule has 0 amide bonds. The minimum absolute atomic E-state index is 0.559. The number of aromatic nitrogens is 3. The van der Waals surface area contributed by atoms with E-state index in [0.29, 0.717) is 5.15 Å². The number of imidazole rings is 1. The molecule has 0 radical (unpaired) electrons. The van der Waals surface area contributed by atoms with Crippen molar-refractivity contribution in [3.8, 4) is 11.5 Å². The second kappa shape index (κ2) is 5.29. The Bertz CT molecular complexity index is 493. The molecule has 4 nitrogen and oxygen atoms in total. The molecule has 2 heterocycles. The first-order chi connectivity index (χ1) is 8.24. The van der Waals surface area contributed by atoms with E-state index in [-0.39, 0.29) is 0 Å². The molecule has 5 heteroatoms. The highest BCUT2D eigenvalue weighted by molar-refractivity contribution is 6.30. The first-order valence-corrected chi connectivity index (χ1v) is 5.89. The van der Waals surface area contributed by atoms with Crippen LogP contribution < -0.4 is 5.32 Å². The van der Waals surface area contributed by atoms with E-state index in [9.17, 15) is 0 Å². The summed E-state index contributed by atoms with van der Waals surface area (Å²) in [6.07, 6.45) is 2.61. The molecule has 0 saturated carbocycles. The number of nitrogens with zero attached hydrogens (tertiary/aromatic N) is 3.